The fourth-order valence-electron chi connectivity index (χ4n) is 4.63. The molecule has 2 atom stereocenters. The molecule has 2 aromatic rings. The van der Waals surface area contributed by atoms with E-state index in [2.05, 4.69) is 15.3 Å². The van der Waals surface area contributed by atoms with Crippen molar-refractivity contribution in [2.45, 2.75) is 63.1 Å². The van der Waals surface area contributed by atoms with Crippen LogP contribution in [0.5, 0.6) is 0 Å². The second-order valence-corrected chi connectivity index (χ2v) is 10.2. The Kier molecular flexibility index (Phi) is 5.94. The normalized spacial score (nSPS) is 25.6. The summed E-state index contributed by atoms with van der Waals surface area (Å²) in [6.45, 7) is 2.09. The summed E-state index contributed by atoms with van der Waals surface area (Å²) >= 11 is 0. The fraction of sp³-hybridized carbons (Fsp3) is 0.632. The number of aliphatic hydroxyl groups is 1. The van der Waals surface area contributed by atoms with Gasteiger partial charge in [-0.05, 0) is 45.1 Å². The van der Waals surface area contributed by atoms with E-state index in [4.69, 9.17) is 5.14 Å². The quantitative estimate of drug-likeness (QED) is 0.595. The average Bonchev–Trinajstić information content (AvgIpc) is 3.05. The van der Waals surface area contributed by atoms with E-state index in [1.165, 1.54) is 15.1 Å². The smallest absolute Gasteiger partial charge is 0.276 e. The van der Waals surface area contributed by atoms with Gasteiger partial charge in [0.05, 0.1) is 17.2 Å². The molecule has 2 aliphatic rings. The molecule has 1 saturated carbocycles. The van der Waals surface area contributed by atoms with Gasteiger partial charge in [0.15, 0.2) is 0 Å². The first-order chi connectivity index (χ1) is 15.0. The topological polar surface area (TPSA) is 143 Å². The zero-order valence-electron chi connectivity index (χ0n) is 17.5. The standard InChI is InChI=1S/C19H26F2N6O4S/c1-19(29)6-2-3-14(19)27-16-11(9-13(15(20)21)17(27)28)10-23-18(25-16)24-12-4-7-26(8-5-12)32(22,30)31/h9-10,12,14-15,29H,2-8H2,1H3,(H2,22,30,31)(H,23,24,25)/t14-,19-/m0/s1. The van der Waals surface area contributed by atoms with Gasteiger partial charge in [-0.25, -0.2) is 18.9 Å². The molecule has 0 bridgehead atoms. The van der Waals surface area contributed by atoms with Crippen LogP contribution in [0.1, 0.15) is 57.1 Å². The largest absolute Gasteiger partial charge is 0.388 e. The average molecular weight is 473 g/mol. The number of pyridine rings is 1. The zero-order valence-corrected chi connectivity index (χ0v) is 18.4. The number of aromatic nitrogens is 3. The monoisotopic (exact) mass is 472 g/mol. The van der Waals surface area contributed by atoms with E-state index in [9.17, 15) is 27.1 Å². The molecule has 3 heterocycles. The molecule has 0 unspecified atom stereocenters. The second kappa shape index (κ2) is 8.28. The van der Waals surface area contributed by atoms with E-state index in [0.717, 1.165) is 6.07 Å². The van der Waals surface area contributed by atoms with Crippen molar-refractivity contribution >= 4 is 27.2 Å². The summed E-state index contributed by atoms with van der Waals surface area (Å²) in [5, 5.41) is 19.3. The molecule has 10 nitrogen and oxygen atoms in total. The summed E-state index contributed by atoms with van der Waals surface area (Å²) in [6, 6.07) is 0.286. The highest BCUT2D eigenvalue weighted by Crippen LogP contribution is 2.39. The third kappa shape index (κ3) is 4.34. The van der Waals surface area contributed by atoms with Crippen LogP contribution in [-0.4, -0.2) is 57.1 Å². The van der Waals surface area contributed by atoms with Gasteiger partial charge in [0, 0.05) is 30.7 Å². The molecule has 4 rings (SSSR count). The lowest BCUT2D eigenvalue weighted by atomic mass is 9.99. The molecule has 32 heavy (non-hydrogen) atoms. The first-order valence-electron chi connectivity index (χ1n) is 10.4. The SMILES string of the molecule is C[C@]1(O)CCC[C@@H]1n1c(=O)c(C(F)F)cc2cnc(NC3CCN(S(N)(=O)=O)CC3)nc21. The first-order valence-corrected chi connectivity index (χ1v) is 11.9. The summed E-state index contributed by atoms with van der Waals surface area (Å²) in [6.07, 6.45) is 0.931. The van der Waals surface area contributed by atoms with Crippen molar-refractivity contribution in [1.29, 1.82) is 0 Å². The molecular weight excluding hydrogens is 446 g/mol. The van der Waals surface area contributed by atoms with Crippen molar-refractivity contribution in [3.8, 4) is 0 Å². The molecule has 0 aromatic carbocycles. The molecule has 2 aromatic heterocycles. The number of hydrogen-bond donors (Lipinski definition) is 3. The third-order valence-electron chi connectivity index (χ3n) is 6.37. The number of nitrogens with zero attached hydrogens (tertiary/aromatic N) is 4. The zero-order chi connectivity index (χ0) is 23.3. The predicted molar refractivity (Wildman–Crippen MR) is 114 cm³/mol. The number of hydrogen-bond acceptors (Lipinski definition) is 7. The molecule has 0 spiro atoms. The summed E-state index contributed by atoms with van der Waals surface area (Å²) in [7, 11) is -3.74. The maximum Gasteiger partial charge on any atom is 0.276 e. The lowest BCUT2D eigenvalue weighted by molar-refractivity contribution is 0.0261. The highest BCUT2D eigenvalue weighted by Gasteiger charge is 2.40. The lowest BCUT2D eigenvalue weighted by Gasteiger charge is -2.30. The second-order valence-electron chi connectivity index (χ2n) is 8.68. The number of alkyl halides is 2. The Hall–Kier alpha value is -2.22. The van der Waals surface area contributed by atoms with Crippen molar-refractivity contribution in [3.05, 3.63) is 28.2 Å². The predicted octanol–water partition coefficient (Wildman–Crippen LogP) is 1.28. The minimum absolute atomic E-state index is 0.124. The van der Waals surface area contributed by atoms with Crippen molar-refractivity contribution in [1.82, 2.24) is 18.8 Å². The van der Waals surface area contributed by atoms with Crippen LogP contribution in [0.25, 0.3) is 11.0 Å². The number of anilines is 1. The van der Waals surface area contributed by atoms with Crippen molar-refractivity contribution in [2.24, 2.45) is 5.14 Å². The Morgan fingerprint density at radius 3 is 2.56 bits per heavy atom. The summed E-state index contributed by atoms with van der Waals surface area (Å²) in [5.41, 5.74) is -2.58. The minimum Gasteiger partial charge on any atom is -0.388 e. The molecule has 4 N–H and O–H groups in total. The van der Waals surface area contributed by atoms with Crippen LogP contribution in [0, 0.1) is 0 Å². The van der Waals surface area contributed by atoms with Gasteiger partial charge in [-0.1, -0.05) is 0 Å². The number of rotatable bonds is 5. The Morgan fingerprint density at radius 2 is 2.00 bits per heavy atom. The van der Waals surface area contributed by atoms with Crippen molar-refractivity contribution < 1.29 is 22.3 Å². The molecule has 1 aliphatic carbocycles. The number of fused-ring (bicyclic) bond motifs is 1. The maximum atomic E-state index is 13.5. The Bertz CT molecular complexity index is 1180. The van der Waals surface area contributed by atoms with Crippen molar-refractivity contribution in [3.63, 3.8) is 0 Å². The third-order valence-corrected chi connectivity index (χ3v) is 7.46. The molecule has 0 amide bonds. The maximum absolute atomic E-state index is 13.5. The van der Waals surface area contributed by atoms with Crippen LogP contribution in [0.3, 0.4) is 0 Å². The van der Waals surface area contributed by atoms with Gasteiger partial charge >= 0.3 is 0 Å². The molecular formula is C19H26F2N6O4S. The van der Waals surface area contributed by atoms with Gasteiger partial charge in [-0.15, -0.1) is 0 Å². The van der Waals surface area contributed by atoms with Crippen LogP contribution in [0.4, 0.5) is 14.7 Å². The van der Waals surface area contributed by atoms with Crippen LogP contribution >= 0.6 is 0 Å². The molecule has 1 aliphatic heterocycles. The summed E-state index contributed by atoms with van der Waals surface area (Å²) < 4.78 is 52.4. The van der Waals surface area contributed by atoms with E-state index in [-0.39, 0.29) is 36.1 Å². The lowest BCUT2D eigenvalue weighted by Crippen LogP contribution is -2.45. The van der Waals surface area contributed by atoms with Crippen LogP contribution in [0.15, 0.2) is 17.1 Å². The highest BCUT2D eigenvalue weighted by molar-refractivity contribution is 7.86. The van der Waals surface area contributed by atoms with Crippen LogP contribution in [0.2, 0.25) is 0 Å². The van der Waals surface area contributed by atoms with E-state index in [0.29, 0.717) is 32.1 Å². The fourth-order valence-corrected chi connectivity index (χ4v) is 5.35. The Balaban J connectivity index is 1.70. The molecule has 13 heteroatoms. The minimum atomic E-state index is -3.74. The van der Waals surface area contributed by atoms with Gasteiger partial charge < -0.3 is 10.4 Å². The van der Waals surface area contributed by atoms with Gasteiger partial charge in [0.2, 0.25) is 5.95 Å². The van der Waals surface area contributed by atoms with Crippen LogP contribution in [-0.2, 0) is 10.2 Å². The molecule has 0 radical (unpaired) electrons. The summed E-state index contributed by atoms with van der Waals surface area (Å²) in [4.78, 5) is 21.6. The Labute approximate surface area is 183 Å². The van der Waals surface area contributed by atoms with E-state index in [1.54, 1.807) is 6.92 Å². The molecule has 1 saturated heterocycles. The molecule has 176 valence electrons. The Morgan fingerprint density at radius 1 is 1.31 bits per heavy atom. The van der Waals surface area contributed by atoms with Crippen LogP contribution < -0.4 is 16.0 Å². The molecule has 2 fully saturated rings. The van der Waals surface area contributed by atoms with Gasteiger partial charge in [0.1, 0.15) is 5.65 Å². The van der Waals surface area contributed by atoms with Crippen molar-refractivity contribution in [2.75, 3.05) is 18.4 Å². The van der Waals surface area contributed by atoms with Gasteiger partial charge in [-0.3, -0.25) is 9.36 Å². The number of halogens is 2. The van der Waals surface area contributed by atoms with E-state index in [1.807, 2.05) is 0 Å². The van der Waals surface area contributed by atoms with E-state index >= 15 is 0 Å². The summed E-state index contributed by atoms with van der Waals surface area (Å²) in [5.74, 6) is 0.196. The highest BCUT2D eigenvalue weighted by atomic mass is 32.2. The van der Waals surface area contributed by atoms with Gasteiger partial charge in [-0.2, -0.15) is 17.7 Å². The number of nitrogens with two attached hydrogens (primary N) is 1. The van der Waals surface area contributed by atoms with E-state index < -0.39 is 39.4 Å². The number of nitrogens with one attached hydrogen (secondary N) is 1. The first kappa shape index (κ1) is 23.0. The number of piperidine rings is 1. The van der Waals surface area contributed by atoms with Gasteiger partial charge in [0.25, 0.3) is 22.2 Å².